The van der Waals surface area contributed by atoms with Crippen molar-refractivity contribution in [2.45, 2.75) is 19.1 Å². The first-order chi connectivity index (χ1) is 20.4. The summed E-state index contributed by atoms with van der Waals surface area (Å²) >= 11 is 0. The quantitative estimate of drug-likeness (QED) is 0.109. The molecule has 0 bridgehead atoms. The van der Waals surface area contributed by atoms with Crippen molar-refractivity contribution in [3.8, 4) is 11.5 Å². The normalized spacial score (nSPS) is 15.8. The molecule has 3 aromatic carbocycles. The molecule has 1 atom stereocenters. The number of nitrogens with one attached hydrogen (secondary N) is 1. The van der Waals surface area contributed by atoms with Crippen molar-refractivity contribution in [1.29, 1.82) is 0 Å². The smallest absolute Gasteiger partial charge is 0.308 e. The number of nitrogens with zero attached hydrogens (tertiary/aromatic N) is 3. The van der Waals surface area contributed by atoms with Gasteiger partial charge in [-0.25, -0.2) is 0 Å². The maximum atomic E-state index is 13.1. The molecular weight excluding hydrogens is 542 g/mol. The SMILES string of the molecule is N/C(=N/O)c1ccc(N2CCN(CC(=O)NC(CC(=O)OCc3ccccc3)c3ccc4c(c3)OCO4)CC2=O)cc1. The van der Waals surface area contributed by atoms with E-state index in [4.69, 9.17) is 25.2 Å². The third kappa shape index (κ3) is 6.96. The molecule has 0 aromatic heterocycles. The summed E-state index contributed by atoms with van der Waals surface area (Å²) < 4.78 is 16.3. The number of carbonyl (C=O) groups excluding carboxylic acids is 3. The van der Waals surface area contributed by atoms with E-state index in [2.05, 4.69) is 10.5 Å². The van der Waals surface area contributed by atoms with Crippen LogP contribution in [-0.4, -0.2) is 66.7 Å². The number of hydrogen-bond donors (Lipinski definition) is 3. The fourth-order valence-electron chi connectivity index (χ4n) is 4.79. The van der Waals surface area contributed by atoms with Crippen molar-refractivity contribution in [2.75, 3.05) is 37.9 Å². The summed E-state index contributed by atoms with van der Waals surface area (Å²) in [5.41, 5.74) is 8.35. The zero-order valence-corrected chi connectivity index (χ0v) is 22.8. The van der Waals surface area contributed by atoms with E-state index in [1.807, 2.05) is 30.3 Å². The fraction of sp³-hybridized carbons (Fsp3) is 0.267. The number of anilines is 1. The van der Waals surface area contributed by atoms with Crippen molar-refractivity contribution < 1.29 is 33.8 Å². The Morgan fingerprint density at radius 2 is 1.79 bits per heavy atom. The number of amides is 2. The molecule has 0 saturated carbocycles. The third-order valence-electron chi connectivity index (χ3n) is 7.00. The largest absolute Gasteiger partial charge is 0.461 e. The van der Waals surface area contributed by atoms with Gasteiger partial charge in [0.15, 0.2) is 17.3 Å². The summed E-state index contributed by atoms with van der Waals surface area (Å²) in [5.74, 6) is 0.133. The molecule has 2 aliphatic rings. The van der Waals surface area contributed by atoms with Crippen LogP contribution >= 0.6 is 0 Å². The van der Waals surface area contributed by atoms with Crippen LogP contribution in [-0.2, 0) is 25.7 Å². The highest BCUT2D eigenvalue weighted by Crippen LogP contribution is 2.35. The molecule has 2 heterocycles. The number of oxime groups is 1. The highest BCUT2D eigenvalue weighted by Gasteiger charge is 2.28. The van der Waals surface area contributed by atoms with Crippen molar-refractivity contribution >= 4 is 29.3 Å². The Labute approximate surface area is 242 Å². The summed E-state index contributed by atoms with van der Waals surface area (Å²) in [7, 11) is 0. The lowest BCUT2D eigenvalue weighted by atomic mass is 10.0. The summed E-state index contributed by atoms with van der Waals surface area (Å²) in [6.45, 7) is 1.09. The predicted octanol–water partition coefficient (Wildman–Crippen LogP) is 2.15. The second-order valence-electron chi connectivity index (χ2n) is 9.87. The molecular formula is C30H31N5O7. The van der Waals surface area contributed by atoms with Gasteiger partial charge >= 0.3 is 5.97 Å². The van der Waals surface area contributed by atoms with Gasteiger partial charge in [0.1, 0.15) is 6.61 Å². The van der Waals surface area contributed by atoms with Crippen LogP contribution in [0.1, 0.15) is 29.2 Å². The van der Waals surface area contributed by atoms with E-state index < -0.39 is 12.0 Å². The van der Waals surface area contributed by atoms with Gasteiger partial charge in [0.2, 0.25) is 18.6 Å². The number of ether oxygens (including phenoxy) is 3. The summed E-state index contributed by atoms with van der Waals surface area (Å²) in [6, 6.07) is 20.7. The standard InChI is InChI=1S/C30H31N5O7/c31-30(33-39)21-6-9-23(10-7-21)35-13-12-34(17-28(35)37)16-27(36)32-24(22-8-11-25-26(14-22)42-19-41-25)15-29(38)40-18-20-4-2-1-3-5-20/h1-11,14,24,39H,12-13,15-19H2,(H2,31,33)(H,32,36). The Hall–Kier alpha value is -5.10. The number of rotatable bonds is 10. The maximum Gasteiger partial charge on any atom is 0.308 e. The Morgan fingerprint density at radius 3 is 2.52 bits per heavy atom. The number of piperazine rings is 1. The lowest BCUT2D eigenvalue weighted by molar-refractivity contribution is -0.145. The van der Waals surface area contributed by atoms with E-state index in [-0.39, 0.29) is 50.6 Å². The van der Waals surface area contributed by atoms with E-state index >= 15 is 0 Å². The molecule has 0 spiro atoms. The van der Waals surface area contributed by atoms with E-state index in [1.54, 1.807) is 52.3 Å². The van der Waals surface area contributed by atoms with Crippen LogP contribution in [0.4, 0.5) is 5.69 Å². The van der Waals surface area contributed by atoms with Crippen LogP contribution < -0.4 is 25.4 Å². The molecule has 0 aliphatic carbocycles. The van der Waals surface area contributed by atoms with Crippen molar-refractivity contribution in [3.05, 3.63) is 89.5 Å². The van der Waals surface area contributed by atoms with Gasteiger partial charge in [-0.2, -0.15) is 0 Å². The van der Waals surface area contributed by atoms with Gasteiger partial charge in [0, 0.05) is 24.3 Å². The molecule has 2 amide bonds. The predicted molar refractivity (Wildman–Crippen MR) is 152 cm³/mol. The van der Waals surface area contributed by atoms with Crippen LogP contribution in [0.5, 0.6) is 11.5 Å². The van der Waals surface area contributed by atoms with E-state index in [9.17, 15) is 14.4 Å². The van der Waals surface area contributed by atoms with E-state index in [1.165, 1.54) is 0 Å². The summed E-state index contributed by atoms with van der Waals surface area (Å²) in [4.78, 5) is 42.2. The zero-order chi connectivity index (χ0) is 29.5. The lowest BCUT2D eigenvalue weighted by Gasteiger charge is -2.34. The van der Waals surface area contributed by atoms with Gasteiger partial charge in [-0.15, -0.1) is 0 Å². The molecule has 1 fully saturated rings. The third-order valence-corrected chi connectivity index (χ3v) is 7.00. The van der Waals surface area contributed by atoms with Gasteiger partial charge in [0.25, 0.3) is 0 Å². The molecule has 1 unspecified atom stereocenters. The second-order valence-corrected chi connectivity index (χ2v) is 9.87. The first kappa shape index (κ1) is 28.4. The Kier molecular flexibility index (Phi) is 8.83. The van der Waals surface area contributed by atoms with Crippen LogP contribution in [0.25, 0.3) is 0 Å². The van der Waals surface area contributed by atoms with E-state index in [0.29, 0.717) is 41.4 Å². The summed E-state index contributed by atoms with van der Waals surface area (Å²) in [6.07, 6.45) is -0.0908. The Bertz CT molecular complexity index is 1460. The van der Waals surface area contributed by atoms with Crippen molar-refractivity contribution in [1.82, 2.24) is 10.2 Å². The van der Waals surface area contributed by atoms with Crippen LogP contribution in [0, 0.1) is 0 Å². The lowest BCUT2D eigenvalue weighted by Crippen LogP contribution is -2.53. The number of amidine groups is 1. The van der Waals surface area contributed by atoms with Gasteiger partial charge in [-0.3, -0.25) is 19.3 Å². The monoisotopic (exact) mass is 573 g/mol. The van der Waals surface area contributed by atoms with Gasteiger partial charge in [-0.05, 0) is 47.5 Å². The number of esters is 1. The molecule has 5 rings (SSSR count). The molecule has 1 saturated heterocycles. The molecule has 12 heteroatoms. The second kappa shape index (κ2) is 13.0. The minimum Gasteiger partial charge on any atom is -0.461 e. The molecule has 42 heavy (non-hydrogen) atoms. The van der Waals surface area contributed by atoms with Crippen molar-refractivity contribution in [3.63, 3.8) is 0 Å². The molecule has 2 aliphatic heterocycles. The van der Waals surface area contributed by atoms with Gasteiger partial charge in [0.05, 0.1) is 25.6 Å². The first-order valence-electron chi connectivity index (χ1n) is 13.4. The Balaban J connectivity index is 1.20. The minimum atomic E-state index is -0.680. The number of benzene rings is 3. The highest BCUT2D eigenvalue weighted by molar-refractivity contribution is 5.99. The Morgan fingerprint density at radius 1 is 1.02 bits per heavy atom. The average Bonchev–Trinajstić information content (AvgIpc) is 3.48. The van der Waals surface area contributed by atoms with E-state index in [0.717, 1.165) is 5.56 Å². The molecule has 4 N–H and O–H groups in total. The topological polar surface area (TPSA) is 156 Å². The van der Waals surface area contributed by atoms with Crippen LogP contribution in [0.15, 0.2) is 78.0 Å². The first-order valence-corrected chi connectivity index (χ1v) is 13.4. The molecule has 218 valence electrons. The van der Waals surface area contributed by atoms with Crippen molar-refractivity contribution in [2.24, 2.45) is 10.9 Å². The number of hydrogen-bond acceptors (Lipinski definition) is 9. The highest BCUT2D eigenvalue weighted by atomic mass is 16.7. The average molecular weight is 574 g/mol. The fourth-order valence-corrected chi connectivity index (χ4v) is 4.79. The molecule has 3 aromatic rings. The number of fused-ring (bicyclic) bond motifs is 1. The number of carbonyl (C=O) groups is 3. The van der Waals surface area contributed by atoms with Crippen LogP contribution in [0.3, 0.4) is 0 Å². The maximum absolute atomic E-state index is 13.1. The number of nitrogens with two attached hydrogens (primary N) is 1. The van der Waals surface area contributed by atoms with Gasteiger partial charge < -0.3 is 35.4 Å². The molecule has 12 nitrogen and oxygen atoms in total. The van der Waals surface area contributed by atoms with Crippen LogP contribution in [0.2, 0.25) is 0 Å². The molecule has 0 radical (unpaired) electrons. The zero-order valence-electron chi connectivity index (χ0n) is 22.8. The summed E-state index contributed by atoms with van der Waals surface area (Å²) in [5, 5.41) is 14.8. The minimum absolute atomic E-state index is 0.0211. The van der Waals surface area contributed by atoms with Gasteiger partial charge in [-0.1, -0.05) is 41.6 Å².